The molecule has 1 aliphatic rings. The van der Waals surface area contributed by atoms with Crippen molar-refractivity contribution in [2.24, 2.45) is 0 Å². The SMILES string of the molecule is CC(=O)CCC(=O)OC[C@H]1OC(n2cc(COCCCCCc3ccc4ccc5cccc6ccc3c4c56)c(=O)[nH]c2=O)C[C@@H]1OC(=O)CCC(C)=O. The fraction of sp³-hybridized carbons (Fsp3) is 0.415. The minimum Gasteiger partial charge on any atom is -0.463 e. The number of esters is 2. The third kappa shape index (κ3) is 9.24. The van der Waals surface area contributed by atoms with E-state index in [1.54, 1.807) is 0 Å². The number of aromatic amines is 1. The van der Waals surface area contributed by atoms with Gasteiger partial charge in [0.15, 0.2) is 0 Å². The number of aryl methyl sites for hydroxylation is 1. The average molecular weight is 725 g/mol. The zero-order chi connectivity index (χ0) is 37.5. The van der Waals surface area contributed by atoms with Gasteiger partial charge in [-0.05, 0) is 71.0 Å². The standard InChI is InChI=1S/C41H44N2O10/c1-25(44)10-18-36(46)51-24-34-33(53-37(47)19-11-26(2)45)21-35(52-34)43-22-31(40(48)42-41(43)49)23-50-20-5-3-4-7-27-12-13-30-15-14-28-8-6-9-29-16-17-32(27)39(30)38(28)29/h6,8-9,12-17,22,33-35H,3-5,7,10-11,18-21,23-24H2,1-2H3,(H,42,48,49)/t33-,34+,35?/m0/s1. The van der Waals surface area contributed by atoms with Crippen LogP contribution in [0.4, 0.5) is 0 Å². The maximum atomic E-state index is 12.9. The Bertz CT molecular complexity index is 2220. The molecule has 12 nitrogen and oxygen atoms in total. The zero-order valence-electron chi connectivity index (χ0n) is 30.0. The van der Waals surface area contributed by atoms with Crippen LogP contribution < -0.4 is 11.2 Å². The van der Waals surface area contributed by atoms with Crippen LogP contribution in [0.1, 0.15) is 82.6 Å². The molecule has 4 aromatic carbocycles. The molecule has 1 unspecified atom stereocenters. The highest BCUT2D eigenvalue weighted by Crippen LogP contribution is 2.36. The number of hydrogen-bond donors (Lipinski definition) is 1. The Morgan fingerprint density at radius 2 is 1.47 bits per heavy atom. The molecule has 1 aliphatic heterocycles. The number of ether oxygens (including phenoxy) is 4. The summed E-state index contributed by atoms with van der Waals surface area (Å²) in [6.07, 6.45) is 2.03. The lowest BCUT2D eigenvalue weighted by Gasteiger charge is -2.19. The average Bonchev–Trinajstić information content (AvgIpc) is 3.53. The molecule has 1 fully saturated rings. The van der Waals surface area contributed by atoms with Gasteiger partial charge in [-0.2, -0.15) is 0 Å². The Balaban J connectivity index is 1.03. The zero-order valence-corrected chi connectivity index (χ0v) is 30.0. The molecule has 0 bridgehead atoms. The molecule has 6 rings (SSSR count). The Hall–Kier alpha value is -5.20. The maximum absolute atomic E-state index is 12.9. The van der Waals surface area contributed by atoms with Gasteiger partial charge in [0, 0.05) is 32.1 Å². The van der Waals surface area contributed by atoms with E-state index in [0.29, 0.717) is 6.61 Å². The van der Waals surface area contributed by atoms with Crippen molar-refractivity contribution in [3.63, 3.8) is 0 Å². The van der Waals surface area contributed by atoms with E-state index in [4.69, 9.17) is 18.9 Å². The number of nitrogens with one attached hydrogen (secondary N) is 1. The lowest BCUT2D eigenvalue weighted by Crippen LogP contribution is -2.34. The highest BCUT2D eigenvalue weighted by atomic mass is 16.6. The van der Waals surface area contributed by atoms with Crippen molar-refractivity contribution in [1.82, 2.24) is 9.55 Å². The first-order valence-corrected chi connectivity index (χ1v) is 18.1. The molecule has 0 aliphatic carbocycles. The minimum atomic E-state index is -0.954. The Labute approximate surface area is 305 Å². The molecule has 5 aromatic rings. The molecule has 2 heterocycles. The summed E-state index contributed by atoms with van der Waals surface area (Å²) in [7, 11) is 0. The van der Waals surface area contributed by atoms with Crippen LogP contribution in [-0.4, -0.2) is 58.5 Å². The molecule has 12 heteroatoms. The van der Waals surface area contributed by atoms with Gasteiger partial charge in [0.2, 0.25) is 0 Å². The molecule has 1 N–H and O–H groups in total. The van der Waals surface area contributed by atoms with Gasteiger partial charge >= 0.3 is 17.6 Å². The molecular weight excluding hydrogens is 680 g/mol. The van der Waals surface area contributed by atoms with E-state index < -0.39 is 41.6 Å². The number of ketones is 2. The second-order valence-corrected chi connectivity index (χ2v) is 13.7. The summed E-state index contributed by atoms with van der Waals surface area (Å²) < 4.78 is 23.9. The molecule has 1 aromatic heterocycles. The van der Waals surface area contributed by atoms with Crippen molar-refractivity contribution in [2.75, 3.05) is 13.2 Å². The molecule has 1 saturated heterocycles. The van der Waals surface area contributed by atoms with Crippen LogP contribution in [0.5, 0.6) is 0 Å². The van der Waals surface area contributed by atoms with Gasteiger partial charge in [-0.25, -0.2) is 4.79 Å². The second-order valence-electron chi connectivity index (χ2n) is 13.7. The molecule has 0 radical (unpaired) electrons. The van der Waals surface area contributed by atoms with Gasteiger partial charge in [0.1, 0.15) is 36.6 Å². The van der Waals surface area contributed by atoms with Crippen LogP contribution in [-0.2, 0) is 51.2 Å². The van der Waals surface area contributed by atoms with Gasteiger partial charge in [0.05, 0.1) is 25.0 Å². The molecule has 0 saturated carbocycles. The molecular formula is C41H44N2O10. The molecule has 0 amide bonds. The van der Waals surface area contributed by atoms with E-state index in [1.807, 2.05) is 0 Å². The summed E-state index contributed by atoms with van der Waals surface area (Å²) >= 11 is 0. The Morgan fingerprint density at radius 1 is 0.792 bits per heavy atom. The molecule has 3 atom stereocenters. The van der Waals surface area contributed by atoms with Gasteiger partial charge in [-0.1, -0.05) is 61.0 Å². The summed E-state index contributed by atoms with van der Waals surface area (Å²) in [6.45, 7) is 2.84. The van der Waals surface area contributed by atoms with Crippen LogP contribution in [0.2, 0.25) is 0 Å². The first-order valence-electron chi connectivity index (χ1n) is 18.1. The van der Waals surface area contributed by atoms with Crippen LogP contribution in [0.25, 0.3) is 32.3 Å². The first kappa shape index (κ1) is 37.6. The van der Waals surface area contributed by atoms with Crippen LogP contribution >= 0.6 is 0 Å². The van der Waals surface area contributed by atoms with Crippen molar-refractivity contribution in [1.29, 1.82) is 0 Å². The van der Waals surface area contributed by atoms with Gasteiger partial charge in [-0.15, -0.1) is 0 Å². The number of carbonyl (C=O) groups is 4. The highest BCUT2D eigenvalue weighted by Gasteiger charge is 2.40. The smallest absolute Gasteiger partial charge is 0.330 e. The Kier molecular flexibility index (Phi) is 12.1. The number of aromatic nitrogens is 2. The topological polar surface area (TPSA) is 160 Å². The fourth-order valence-corrected chi connectivity index (χ4v) is 6.91. The second kappa shape index (κ2) is 17.1. The predicted molar refractivity (Wildman–Crippen MR) is 198 cm³/mol. The minimum absolute atomic E-state index is 0.00455. The molecule has 0 spiro atoms. The summed E-state index contributed by atoms with van der Waals surface area (Å²) in [4.78, 5) is 75.1. The summed E-state index contributed by atoms with van der Waals surface area (Å²) in [5.74, 6) is -1.60. The lowest BCUT2D eigenvalue weighted by molar-refractivity contribution is -0.159. The lowest BCUT2D eigenvalue weighted by atomic mass is 9.90. The number of benzene rings is 4. The monoisotopic (exact) mass is 724 g/mol. The number of hydrogen-bond acceptors (Lipinski definition) is 10. The van der Waals surface area contributed by atoms with E-state index >= 15 is 0 Å². The number of carbonyl (C=O) groups excluding carboxylic acids is 4. The van der Waals surface area contributed by atoms with Crippen LogP contribution in [0, 0.1) is 0 Å². The van der Waals surface area contributed by atoms with Crippen molar-refractivity contribution < 1.29 is 38.1 Å². The number of Topliss-reactive ketones (excluding diaryl/α,β-unsaturated/α-hetero) is 2. The van der Waals surface area contributed by atoms with E-state index in [1.165, 1.54) is 62.5 Å². The van der Waals surface area contributed by atoms with Gasteiger partial charge < -0.3 is 28.5 Å². The predicted octanol–water partition coefficient (Wildman–Crippen LogP) is 5.84. The third-order valence-electron chi connectivity index (χ3n) is 9.70. The molecule has 53 heavy (non-hydrogen) atoms. The fourth-order valence-electron chi connectivity index (χ4n) is 6.91. The highest BCUT2D eigenvalue weighted by molar-refractivity contribution is 6.23. The van der Waals surface area contributed by atoms with Gasteiger partial charge in [0.25, 0.3) is 5.56 Å². The largest absolute Gasteiger partial charge is 0.463 e. The maximum Gasteiger partial charge on any atom is 0.330 e. The van der Waals surface area contributed by atoms with E-state index in [2.05, 4.69) is 59.6 Å². The Morgan fingerprint density at radius 3 is 2.21 bits per heavy atom. The quantitative estimate of drug-likeness (QED) is 0.0660. The third-order valence-corrected chi connectivity index (χ3v) is 9.70. The van der Waals surface area contributed by atoms with Crippen LogP contribution in [0.3, 0.4) is 0 Å². The van der Waals surface area contributed by atoms with E-state index in [-0.39, 0.29) is 62.4 Å². The van der Waals surface area contributed by atoms with Crippen molar-refractivity contribution >= 4 is 55.8 Å². The summed E-state index contributed by atoms with van der Waals surface area (Å²) in [6, 6.07) is 19.6. The van der Waals surface area contributed by atoms with Crippen LogP contribution in [0.15, 0.2) is 70.4 Å². The van der Waals surface area contributed by atoms with Gasteiger partial charge in [-0.3, -0.25) is 23.9 Å². The number of nitrogens with zero attached hydrogens (tertiary/aromatic N) is 1. The van der Waals surface area contributed by atoms with Crippen molar-refractivity contribution in [2.45, 2.75) is 96.7 Å². The van der Waals surface area contributed by atoms with Crippen molar-refractivity contribution in [3.8, 4) is 0 Å². The molecule has 278 valence electrons. The number of H-pyrrole nitrogens is 1. The number of unbranched alkanes of at least 4 members (excludes halogenated alkanes) is 2. The first-order chi connectivity index (χ1) is 25.6. The summed E-state index contributed by atoms with van der Waals surface area (Å²) in [5, 5.41) is 7.66. The van der Waals surface area contributed by atoms with E-state index in [0.717, 1.165) is 25.7 Å². The van der Waals surface area contributed by atoms with E-state index in [9.17, 15) is 28.8 Å². The van der Waals surface area contributed by atoms with Crippen molar-refractivity contribution in [3.05, 3.63) is 92.8 Å². The summed E-state index contributed by atoms with van der Waals surface area (Å²) in [5.41, 5.74) is 0.231. The number of rotatable bonds is 18. The normalized spacial score (nSPS) is 17.1.